The first kappa shape index (κ1) is 15.0. The molecule has 2 aromatic heterocycles. The summed E-state index contributed by atoms with van der Waals surface area (Å²) in [6, 6.07) is 6.82. The first-order chi connectivity index (χ1) is 10.6. The Hall–Kier alpha value is -1.93. The topological polar surface area (TPSA) is 51.8 Å². The van der Waals surface area contributed by atoms with Gasteiger partial charge in [0.1, 0.15) is 11.5 Å². The van der Waals surface area contributed by atoms with E-state index in [4.69, 9.17) is 9.15 Å². The Bertz CT molecular complexity index is 735. The van der Waals surface area contributed by atoms with Gasteiger partial charge in [0, 0.05) is 6.08 Å². The summed E-state index contributed by atoms with van der Waals surface area (Å²) in [5.74, 6) is -1.92. The Morgan fingerprint density at radius 3 is 2.95 bits per heavy atom. The third-order valence-corrected chi connectivity index (χ3v) is 4.23. The van der Waals surface area contributed by atoms with E-state index >= 15 is 0 Å². The Balaban J connectivity index is 1.76. The number of carbonyl (C=O) groups excluding carboxylic acids is 1. The molecule has 1 aliphatic rings. The lowest BCUT2D eigenvalue weighted by Crippen LogP contribution is -2.03. The highest BCUT2D eigenvalue weighted by atomic mass is 32.2. The minimum atomic E-state index is -2.45. The van der Waals surface area contributed by atoms with Crippen molar-refractivity contribution in [2.24, 2.45) is 4.99 Å². The van der Waals surface area contributed by atoms with Gasteiger partial charge in [0.15, 0.2) is 5.70 Å². The molecule has 8 heteroatoms. The van der Waals surface area contributed by atoms with Crippen molar-refractivity contribution >= 4 is 41.0 Å². The lowest BCUT2D eigenvalue weighted by Gasteiger charge is -1.95. The molecule has 4 nitrogen and oxygen atoms in total. The molecule has 0 aliphatic carbocycles. The number of aliphatic imine (C=N–C) groups is 1. The number of thiophene rings is 1. The van der Waals surface area contributed by atoms with E-state index in [1.807, 2.05) is 11.4 Å². The largest absolute Gasteiger partial charge is 0.461 e. The zero-order valence-electron chi connectivity index (χ0n) is 11.0. The van der Waals surface area contributed by atoms with E-state index in [0.29, 0.717) is 23.3 Å². The predicted molar refractivity (Wildman–Crippen MR) is 80.9 cm³/mol. The maximum absolute atomic E-state index is 12.1. The number of furan rings is 1. The molecule has 0 amide bonds. The molecule has 0 N–H and O–H groups in total. The first-order valence-corrected chi connectivity index (χ1v) is 8.09. The van der Waals surface area contributed by atoms with Crippen LogP contribution in [0.5, 0.6) is 0 Å². The van der Waals surface area contributed by atoms with Crippen LogP contribution in [0, 0.1) is 0 Å². The summed E-state index contributed by atoms with van der Waals surface area (Å²) in [6.45, 7) is 0. The molecule has 0 fully saturated rings. The number of alkyl halides is 2. The summed E-state index contributed by atoms with van der Waals surface area (Å²) in [6.07, 6.45) is 1.43. The highest BCUT2D eigenvalue weighted by molar-refractivity contribution is 7.98. The summed E-state index contributed by atoms with van der Waals surface area (Å²) < 4.78 is 34.7. The van der Waals surface area contributed by atoms with Crippen molar-refractivity contribution in [2.75, 3.05) is 0 Å². The van der Waals surface area contributed by atoms with Crippen molar-refractivity contribution in [1.82, 2.24) is 0 Å². The van der Waals surface area contributed by atoms with Crippen LogP contribution in [0.2, 0.25) is 0 Å². The molecule has 3 heterocycles. The van der Waals surface area contributed by atoms with Gasteiger partial charge >= 0.3 is 5.97 Å². The van der Waals surface area contributed by atoms with Gasteiger partial charge in [0.25, 0.3) is 5.76 Å². The minimum Gasteiger partial charge on any atom is -0.461 e. The van der Waals surface area contributed by atoms with Crippen molar-refractivity contribution in [3.05, 3.63) is 51.7 Å². The third kappa shape index (κ3) is 3.45. The zero-order chi connectivity index (χ0) is 15.5. The second kappa shape index (κ2) is 6.45. The molecule has 0 radical (unpaired) electrons. The summed E-state index contributed by atoms with van der Waals surface area (Å²) in [4.78, 5) is 16.6. The number of cyclic esters (lactones) is 1. The normalized spacial score (nSPS) is 16.4. The van der Waals surface area contributed by atoms with Gasteiger partial charge in [-0.2, -0.15) is 8.78 Å². The van der Waals surface area contributed by atoms with Crippen LogP contribution in [-0.2, 0) is 15.3 Å². The highest BCUT2D eigenvalue weighted by Crippen LogP contribution is 2.24. The Kier molecular flexibility index (Phi) is 4.39. The fourth-order valence-corrected chi connectivity index (χ4v) is 2.84. The summed E-state index contributed by atoms with van der Waals surface area (Å²) in [5.41, 5.74) is 0.116. The minimum absolute atomic E-state index is 0.0645. The molecule has 1 aliphatic heterocycles. The average Bonchev–Trinajstić information content (AvgIpc) is 3.19. The molecule has 0 bridgehead atoms. The van der Waals surface area contributed by atoms with E-state index in [-0.39, 0.29) is 17.3 Å². The van der Waals surface area contributed by atoms with Gasteiger partial charge < -0.3 is 9.15 Å². The Labute approximate surface area is 132 Å². The molecule has 114 valence electrons. The number of hydrogen-bond donors (Lipinski definition) is 0. The van der Waals surface area contributed by atoms with Gasteiger partial charge in [-0.1, -0.05) is 17.8 Å². The molecule has 0 saturated carbocycles. The van der Waals surface area contributed by atoms with Crippen molar-refractivity contribution < 1.29 is 22.7 Å². The van der Waals surface area contributed by atoms with Crippen LogP contribution in [0.25, 0.3) is 6.08 Å². The Morgan fingerprint density at radius 2 is 2.23 bits per heavy atom. The fourth-order valence-electron chi connectivity index (χ4n) is 1.74. The SMILES string of the molecule is O=C1OC(c2cccs2)=N/C1=C\c1ccc(CSC(F)F)o1. The molecule has 0 atom stereocenters. The number of thioether (sulfide) groups is 1. The first-order valence-electron chi connectivity index (χ1n) is 6.17. The third-order valence-electron chi connectivity index (χ3n) is 2.67. The number of ether oxygens (including phenoxy) is 1. The Morgan fingerprint density at radius 1 is 1.36 bits per heavy atom. The molecule has 2 aromatic rings. The second-order valence-electron chi connectivity index (χ2n) is 4.19. The standard InChI is InChI=1S/C14H9F2NO3S2/c15-14(16)22-7-9-4-3-8(19-9)6-10-13(18)20-12(17-10)11-2-1-5-21-11/h1-6,14H,7H2/b10-6-. The molecule has 0 spiro atoms. The van der Waals surface area contributed by atoms with E-state index in [1.54, 1.807) is 18.2 Å². The molecule has 0 aromatic carbocycles. The van der Waals surface area contributed by atoms with E-state index in [2.05, 4.69) is 4.99 Å². The molecular formula is C14H9F2NO3S2. The average molecular weight is 341 g/mol. The molecule has 3 rings (SSSR count). The van der Waals surface area contributed by atoms with Crippen LogP contribution in [-0.4, -0.2) is 17.6 Å². The van der Waals surface area contributed by atoms with Crippen molar-refractivity contribution in [2.45, 2.75) is 11.5 Å². The van der Waals surface area contributed by atoms with Crippen LogP contribution in [0.4, 0.5) is 8.78 Å². The lowest BCUT2D eigenvalue weighted by atomic mass is 10.3. The predicted octanol–water partition coefficient (Wildman–Crippen LogP) is 4.14. The summed E-state index contributed by atoms with van der Waals surface area (Å²) in [5, 5.41) is 1.85. The van der Waals surface area contributed by atoms with Crippen LogP contribution in [0.15, 0.2) is 44.8 Å². The quantitative estimate of drug-likeness (QED) is 0.606. The van der Waals surface area contributed by atoms with Gasteiger partial charge in [0.05, 0.1) is 10.6 Å². The fraction of sp³-hybridized carbons (Fsp3) is 0.143. The second-order valence-corrected chi connectivity index (χ2v) is 6.12. The van der Waals surface area contributed by atoms with Crippen LogP contribution in [0.3, 0.4) is 0 Å². The van der Waals surface area contributed by atoms with Crippen molar-refractivity contribution in [3.63, 3.8) is 0 Å². The van der Waals surface area contributed by atoms with Crippen LogP contribution < -0.4 is 0 Å². The van der Waals surface area contributed by atoms with Gasteiger partial charge in [-0.15, -0.1) is 11.3 Å². The smallest absolute Gasteiger partial charge is 0.363 e. The van der Waals surface area contributed by atoms with E-state index in [1.165, 1.54) is 17.4 Å². The van der Waals surface area contributed by atoms with Crippen LogP contribution in [0.1, 0.15) is 16.4 Å². The van der Waals surface area contributed by atoms with E-state index in [9.17, 15) is 13.6 Å². The van der Waals surface area contributed by atoms with Gasteiger partial charge in [-0.05, 0) is 23.6 Å². The molecule has 0 saturated heterocycles. The van der Waals surface area contributed by atoms with Crippen molar-refractivity contribution in [3.8, 4) is 0 Å². The number of carbonyl (C=O) groups is 1. The molecular weight excluding hydrogens is 332 g/mol. The monoisotopic (exact) mass is 341 g/mol. The van der Waals surface area contributed by atoms with E-state index < -0.39 is 11.7 Å². The van der Waals surface area contributed by atoms with Gasteiger partial charge in [0.2, 0.25) is 5.90 Å². The van der Waals surface area contributed by atoms with Gasteiger partial charge in [-0.25, -0.2) is 9.79 Å². The molecule has 0 unspecified atom stereocenters. The van der Waals surface area contributed by atoms with Crippen LogP contribution >= 0.6 is 23.1 Å². The number of hydrogen-bond acceptors (Lipinski definition) is 6. The van der Waals surface area contributed by atoms with Crippen molar-refractivity contribution in [1.29, 1.82) is 0 Å². The van der Waals surface area contributed by atoms with Gasteiger partial charge in [-0.3, -0.25) is 0 Å². The number of rotatable bonds is 5. The summed E-state index contributed by atoms with van der Waals surface area (Å²) in [7, 11) is 0. The number of nitrogens with zero attached hydrogens (tertiary/aromatic N) is 1. The maximum Gasteiger partial charge on any atom is 0.363 e. The molecule has 22 heavy (non-hydrogen) atoms. The number of halogens is 2. The number of esters is 1. The maximum atomic E-state index is 12.1. The van der Waals surface area contributed by atoms with E-state index in [0.717, 1.165) is 4.88 Å². The highest BCUT2D eigenvalue weighted by Gasteiger charge is 2.25. The lowest BCUT2D eigenvalue weighted by molar-refractivity contribution is -0.129. The zero-order valence-corrected chi connectivity index (χ0v) is 12.6. The summed E-state index contributed by atoms with van der Waals surface area (Å²) >= 11 is 1.89.